The summed E-state index contributed by atoms with van der Waals surface area (Å²) in [4.78, 5) is 20.1. The third kappa shape index (κ3) is 4.01. The number of aromatic nitrogens is 5. The second kappa shape index (κ2) is 7.96. The molecule has 2 aromatic heterocycles. The van der Waals surface area contributed by atoms with Crippen LogP contribution in [0.3, 0.4) is 0 Å². The van der Waals surface area contributed by atoms with E-state index in [1.54, 1.807) is 11.8 Å². The topological polar surface area (TPSA) is 118 Å². The molecule has 2 aromatic rings. The van der Waals surface area contributed by atoms with Gasteiger partial charge in [0.05, 0.1) is 19.3 Å². The van der Waals surface area contributed by atoms with E-state index in [0.717, 1.165) is 31.4 Å². The summed E-state index contributed by atoms with van der Waals surface area (Å²) in [7, 11) is 1.35. The third-order valence-electron chi connectivity index (χ3n) is 4.13. The lowest BCUT2D eigenvalue weighted by molar-refractivity contribution is -0.147. The Bertz CT molecular complexity index is 752. The van der Waals surface area contributed by atoms with E-state index in [4.69, 9.17) is 10.5 Å². The molecule has 0 aliphatic heterocycles. The predicted molar refractivity (Wildman–Crippen MR) is 93.2 cm³/mol. The number of rotatable bonds is 7. The molecule has 1 saturated carbocycles. The Labute approximate surface area is 149 Å². The van der Waals surface area contributed by atoms with Gasteiger partial charge < -0.3 is 15.2 Å². The smallest absolute Gasteiger partial charge is 0.331 e. The molecule has 10 heteroatoms. The van der Waals surface area contributed by atoms with Crippen molar-refractivity contribution in [2.45, 2.75) is 49.9 Å². The van der Waals surface area contributed by atoms with Crippen molar-refractivity contribution in [2.24, 2.45) is 0 Å². The molecular formula is C15H22N6O3S. The number of ether oxygens (including phenoxy) is 2. The van der Waals surface area contributed by atoms with E-state index in [2.05, 4.69) is 31.9 Å². The summed E-state index contributed by atoms with van der Waals surface area (Å²) in [5.41, 5.74) is 7.19. The van der Waals surface area contributed by atoms with E-state index in [0.29, 0.717) is 22.1 Å². The number of hydrogen-bond acceptors (Lipinski definition) is 9. The van der Waals surface area contributed by atoms with Crippen LogP contribution in [-0.2, 0) is 14.3 Å². The molecule has 9 nitrogen and oxygen atoms in total. The molecule has 3 rings (SSSR count). The Kier molecular flexibility index (Phi) is 5.69. The largest absolute Gasteiger partial charge is 0.467 e. The van der Waals surface area contributed by atoms with Gasteiger partial charge in [0, 0.05) is 5.75 Å². The highest BCUT2D eigenvalue weighted by molar-refractivity contribution is 7.99. The number of methoxy groups -OCH3 is 1. The lowest BCUT2D eigenvalue weighted by Gasteiger charge is -2.12. The van der Waals surface area contributed by atoms with Crippen LogP contribution in [0.1, 0.15) is 38.6 Å². The van der Waals surface area contributed by atoms with Crippen LogP contribution < -0.4 is 5.73 Å². The normalized spacial score (nSPS) is 20.2. The maximum Gasteiger partial charge on any atom is 0.331 e. The molecule has 1 aliphatic carbocycles. The van der Waals surface area contributed by atoms with Gasteiger partial charge in [-0.15, -0.1) is 5.10 Å². The second-order valence-electron chi connectivity index (χ2n) is 5.92. The summed E-state index contributed by atoms with van der Waals surface area (Å²) in [5, 5.41) is 9.01. The summed E-state index contributed by atoms with van der Waals surface area (Å²) in [5.74, 6) is 0.915. The fraction of sp³-hybridized carbons (Fsp3) is 0.667. The Balaban J connectivity index is 1.75. The molecule has 0 spiro atoms. The minimum Gasteiger partial charge on any atom is -0.467 e. The van der Waals surface area contributed by atoms with Gasteiger partial charge in [0.1, 0.15) is 6.61 Å². The maximum absolute atomic E-state index is 11.2. The van der Waals surface area contributed by atoms with Gasteiger partial charge >= 0.3 is 5.97 Å². The molecule has 2 atom stereocenters. The van der Waals surface area contributed by atoms with Crippen molar-refractivity contribution in [2.75, 3.05) is 25.2 Å². The number of esters is 1. The lowest BCUT2D eigenvalue weighted by Crippen LogP contribution is -2.18. The van der Waals surface area contributed by atoms with Crippen LogP contribution in [0.5, 0.6) is 0 Å². The van der Waals surface area contributed by atoms with Crippen molar-refractivity contribution in [3.8, 4) is 0 Å². The van der Waals surface area contributed by atoms with E-state index in [-0.39, 0.29) is 24.7 Å². The van der Waals surface area contributed by atoms with Crippen LogP contribution in [0, 0.1) is 0 Å². The fourth-order valence-electron chi connectivity index (χ4n) is 2.87. The summed E-state index contributed by atoms with van der Waals surface area (Å²) < 4.78 is 12.0. The molecule has 1 fully saturated rings. The quantitative estimate of drug-likeness (QED) is 0.442. The van der Waals surface area contributed by atoms with Crippen LogP contribution in [0.25, 0.3) is 11.2 Å². The van der Waals surface area contributed by atoms with Crippen LogP contribution in [0.4, 0.5) is 5.82 Å². The van der Waals surface area contributed by atoms with Crippen molar-refractivity contribution in [1.82, 2.24) is 25.0 Å². The van der Waals surface area contributed by atoms with Gasteiger partial charge in [-0.25, -0.2) is 19.4 Å². The van der Waals surface area contributed by atoms with Crippen LogP contribution in [-0.4, -0.2) is 56.5 Å². The van der Waals surface area contributed by atoms with Gasteiger partial charge in [0.25, 0.3) is 0 Å². The SMILES string of the molecule is CCCSc1nc(N)c2nnn(C3CCC(OCC(=O)OC)C3)c2n1. The zero-order valence-corrected chi connectivity index (χ0v) is 15.2. The van der Waals surface area contributed by atoms with E-state index < -0.39 is 0 Å². The van der Waals surface area contributed by atoms with Crippen molar-refractivity contribution in [3.05, 3.63) is 0 Å². The number of carbonyl (C=O) groups is 1. The molecule has 0 amide bonds. The molecule has 0 aromatic carbocycles. The minimum atomic E-state index is -0.368. The number of thioether (sulfide) groups is 1. The van der Waals surface area contributed by atoms with Crippen molar-refractivity contribution in [3.63, 3.8) is 0 Å². The van der Waals surface area contributed by atoms with Crippen LogP contribution >= 0.6 is 11.8 Å². The number of nitrogens with two attached hydrogens (primary N) is 1. The molecule has 136 valence electrons. The standard InChI is InChI=1S/C15H22N6O3S/c1-3-6-25-15-17-13(16)12-14(18-15)21(20-19-12)9-4-5-10(7-9)24-8-11(22)23-2/h9-10H,3-8H2,1-2H3,(H2,16,17,18). The average molecular weight is 366 g/mol. The molecule has 0 bridgehead atoms. The number of hydrogen-bond donors (Lipinski definition) is 1. The number of carbonyl (C=O) groups excluding carboxylic acids is 1. The molecule has 2 unspecified atom stereocenters. The number of anilines is 1. The molecule has 25 heavy (non-hydrogen) atoms. The number of nitrogens with zero attached hydrogens (tertiary/aromatic N) is 5. The van der Waals surface area contributed by atoms with Crippen molar-refractivity contribution < 1.29 is 14.3 Å². The highest BCUT2D eigenvalue weighted by Gasteiger charge is 2.30. The summed E-state index contributed by atoms with van der Waals surface area (Å²) in [6, 6.07) is 0.117. The Morgan fingerprint density at radius 3 is 3.00 bits per heavy atom. The van der Waals surface area contributed by atoms with Crippen molar-refractivity contribution in [1.29, 1.82) is 0 Å². The van der Waals surface area contributed by atoms with Gasteiger partial charge in [-0.1, -0.05) is 23.9 Å². The molecule has 0 radical (unpaired) electrons. The van der Waals surface area contributed by atoms with Gasteiger partial charge in [-0.2, -0.15) is 0 Å². The highest BCUT2D eigenvalue weighted by atomic mass is 32.2. The van der Waals surface area contributed by atoms with Gasteiger partial charge in [-0.3, -0.25) is 0 Å². The predicted octanol–water partition coefficient (Wildman–Crippen LogP) is 1.59. The number of nitrogen functional groups attached to an aromatic ring is 1. The minimum absolute atomic E-state index is 0.00327. The van der Waals surface area contributed by atoms with E-state index in [9.17, 15) is 4.79 Å². The van der Waals surface area contributed by atoms with Crippen LogP contribution in [0.2, 0.25) is 0 Å². The lowest BCUT2D eigenvalue weighted by atomic mass is 10.2. The number of fused-ring (bicyclic) bond motifs is 1. The molecule has 0 saturated heterocycles. The first-order chi connectivity index (χ1) is 12.1. The Morgan fingerprint density at radius 2 is 2.24 bits per heavy atom. The van der Waals surface area contributed by atoms with Gasteiger partial charge in [-0.05, 0) is 25.7 Å². The highest BCUT2D eigenvalue weighted by Crippen LogP contribution is 2.33. The first kappa shape index (κ1) is 17.9. The first-order valence-electron chi connectivity index (χ1n) is 8.32. The third-order valence-corrected chi connectivity index (χ3v) is 5.19. The summed E-state index contributed by atoms with van der Waals surface area (Å²) in [6.45, 7) is 2.08. The van der Waals surface area contributed by atoms with E-state index in [1.807, 2.05) is 4.68 Å². The van der Waals surface area contributed by atoms with Gasteiger partial charge in [0.2, 0.25) is 0 Å². The van der Waals surface area contributed by atoms with E-state index >= 15 is 0 Å². The monoisotopic (exact) mass is 366 g/mol. The zero-order valence-electron chi connectivity index (χ0n) is 14.3. The van der Waals surface area contributed by atoms with E-state index in [1.165, 1.54) is 7.11 Å². The molecule has 2 N–H and O–H groups in total. The fourth-order valence-corrected chi connectivity index (χ4v) is 3.57. The molecular weight excluding hydrogens is 344 g/mol. The average Bonchev–Trinajstić information content (AvgIpc) is 3.24. The summed E-state index contributed by atoms with van der Waals surface area (Å²) >= 11 is 1.57. The maximum atomic E-state index is 11.2. The summed E-state index contributed by atoms with van der Waals surface area (Å²) in [6.07, 6.45) is 3.51. The van der Waals surface area contributed by atoms with Crippen molar-refractivity contribution >= 4 is 34.7 Å². The molecule has 1 aliphatic rings. The van der Waals surface area contributed by atoms with Crippen LogP contribution in [0.15, 0.2) is 5.16 Å². The Hall–Kier alpha value is -1.94. The first-order valence-corrected chi connectivity index (χ1v) is 9.30. The zero-order chi connectivity index (χ0) is 17.8. The second-order valence-corrected chi connectivity index (χ2v) is 6.98. The Morgan fingerprint density at radius 1 is 1.40 bits per heavy atom. The van der Waals surface area contributed by atoms with Gasteiger partial charge in [0.15, 0.2) is 22.1 Å². The molecule has 2 heterocycles.